The van der Waals surface area contributed by atoms with E-state index < -0.39 is 10.0 Å². The van der Waals surface area contributed by atoms with Gasteiger partial charge in [-0.25, -0.2) is 8.42 Å². The summed E-state index contributed by atoms with van der Waals surface area (Å²) in [4.78, 5) is 4.42. The number of para-hydroxylation sites is 1. The van der Waals surface area contributed by atoms with Crippen LogP contribution in [-0.2, 0) is 10.0 Å². The van der Waals surface area contributed by atoms with E-state index in [-0.39, 0.29) is 4.90 Å². The Balaban J connectivity index is 2.11. The third-order valence-corrected chi connectivity index (χ3v) is 5.40. The number of benzene rings is 2. The molecule has 0 spiro atoms. The number of nitrogens with zero attached hydrogens (tertiary/aromatic N) is 1. The van der Waals surface area contributed by atoms with Crippen molar-refractivity contribution in [2.75, 3.05) is 11.8 Å². The van der Waals surface area contributed by atoms with Crippen LogP contribution in [0.2, 0.25) is 0 Å². The van der Waals surface area contributed by atoms with E-state index in [1.165, 1.54) is 13.2 Å². The van der Waals surface area contributed by atoms with Crippen molar-refractivity contribution >= 4 is 42.5 Å². The van der Waals surface area contributed by atoms with Crippen LogP contribution < -0.4 is 9.46 Å². The summed E-state index contributed by atoms with van der Waals surface area (Å²) >= 11 is 3.33. The van der Waals surface area contributed by atoms with Gasteiger partial charge in [0.1, 0.15) is 10.6 Å². The lowest BCUT2D eigenvalue weighted by Gasteiger charge is -2.13. The molecule has 0 aliphatic rings. The van der Waals surface area contributed by atoms with E-state index in [0.29, 0.717) is 17.0 Å². The summed E-state index contributed by atoms with van der Waals surface area (Å²) < 4.78 is 34.3. The Morgan fingerprint density at radius 3 is 2.71 bits per heavy atom. The Kier molecular flexibility index (Phi) is 4.47. The molecule has 124 valence electrons. The highest BCUT2D eigenvalue weighted by Gasteiger charge is 2.20. The molecule has 0 amide bonds. The van der Waals surface area contributed by atoms with Crippen LogP contribution in [0, 0.1) is 6.92 Å². The summed E-state index contributed by atoms with van der Waals surface area (Å²) in [6.45, 7) is 1.91. The van der Waals surface area contributed by atoms with Crippen molar-refractivity contribution in [1.82, 2.24) is 4.98 Å². The third kappa shape index (κ3) is 3.22. The number of halogens is 1. The minimum absolute atomic E-state index is 0.127. The Bertz CT molecular complexity index is 1020. The molecule has 24 heavy (non-hydrogen) atoms. The molecule has 0 atom stereocenters. The standard InChI is InChI=1S/C17H15BrN2O3S/c1-11-8-12-4-3-5-16(17(12)19-10-11)24(21,22)20-14-9-13(18)6-7-15(14)23-2/h3-10,20H,1-2H3. The number of nitrogens with one attached hydrogen (secondary N) is 1. The van der Waals surface area contributed by atoms with Gasteiger partial charge in [0.15, 0.2) is 0 Å². The van der Waals surface area contributed by atoms with Gasteiger partial charge >= 0.3 is 0 Å². The maximum atomic E-state index is 12.9. The highest BCUT2D eigenvalue weighted by molar-refractivity contribution is 9.10. The van der Waals surface area contributed by atoms with Gasteiger partial charge in [-0.3, -0.25) is 9.71 Å². The monoisotopic (exact) mass is 406 g/mol. The highest BCUT2D eigenvalue weighted by atomic mass is 79.9. The number of aryl methyl sites for hydroxylation is 1. The molecular weight excluding hydrogens is 392 g/mol. The number of ether oxygens (including phenoxy) is 1. The second kappa shape index (κ2) is 6.41. The molecule has 0 radical (unpaired) electrons. The zero-order valence-electron chi connectivity index (χ0n) is 13.1. The van der Waals surface area contributed by atoms with E-state index >= 15 is 0 Å². The van der Waals surface area contributed by atoms with Crippen molar-refractivity contribution < 1.29 is 13.2 Å². The molecule has 0 saturated heterocycles. The van der Waals surface area contributed by atoms with Gasteiger partial charge in [0.2, 0.25) is 0 Å². The second-order valence-corrected chi connectivity index (χ2v) is 7.86. The molecule has 0 aliphatic carbocycles. The van der Waals surface area contributed by atoms with Gasteiger partial charge < -0.3 is 4.74 Å². The van der Waals surface area contributed by atoms with E-state index in [1.54, 1.807) is 30.5 Å². The van der Waals surface area contributed by atoms with Gasteiger partial charge in [-0.2, -0.15) is 0 Å². The van der Waals surface area contributed by atoms with Crippen molar-refractivity contribution in [1.29, 1.82) is 0 Å². The number of pyridine rings is 1. The molecule has 0 saturated carbocycles. The average molecular weight is 407 g/mol. The minimum Gasteiger partial charge on any atom is -0.495 e. The van der Waals surface area contributed by atoms with Gasteiger partial charge in [0.05, 0.1) is 18.3 Å². The van der Waals surface area contributed by atoms with Crippen LogP contribution in [0.15, 0.2) is 58.0 Å². The topological polar surface area (TPSA) is 68.3 Å². The fraction of sp³-hybridized carbons (Fsp3) is 0.118. The van der Waals surface area contributed by atoms with Crippen molar-refractivity contribution in [3.63, 3.8) is 0 Å². The molecule has 5 nitrogen and oxygen atoms in total. The molecule has 0 fully saturated rings. The van der Waals surface area contributed by atoms with Crippen LogP contribution >= 0.6 is 15.9 Å². The van der Waals surface area contributed by atoms with E-state index in [9.17, 15) is 8.42 Å². The molecule has 7 heteroatoms. The summed E-state index contributed by atoms with van der Waals surface area (Å²) in [6.07, 6.45) is 1.65. The molecule has 2 aromatic carbocycles. The normalized spacial score (nSPS) is 11.5. The fourth-order valence-electron chi connectivity index (χ4n) is 2.42. The van der Waals surface area contributed by atoms with Crippen molar-refractivity contribution in [3.05, 3.63) is 58.7 Å². The number of hydrogen-bond donors (Lipinski definition) is 1. The first kappa shape index (κ1) is 16.7. The average Bonchev–Trinajstić information content (AvgIpc) is 2.54. The fourth-order valence-corrected chi connectivity index (χ4v) is 4.02. The molecular formula is C17H15BrN2O3S. The first-order valence-corrected chi connectivity index (χ1v) is 9.40. The maximum Gasteiger partial charge on any atom is 0.264 e. The number of sulfonamides is 1. The van der Waals surface area contributed by atoms with E-state index in [0.717, 1.165) is 15.4 Å². The predicted octanol–water partition coefficient (Wildman–Crippen LogP) is 4.12. The Labute approximate surface area is 148 Å². The van der Waals surface area contributed by atoms with Gasteiger partial charge in [0, 0.05) is 16.1 Å². The number of hydrogen-bond acceptors (Lipinski definition) is 4. The molecule has 1 aromatic heterocycles. The lowest BCUT2D eigenvalue weighted by molar-refractivity contribution is 0.417. The van der Waals surface area contributed by atoms with Crippen molar-refractivity contribution in [2.45, 2.75) is 11.8 Å². The molecule has 0 unspecified atom stereocenters. The zero-order valence-corrected chi connectivity index (χ0v) is 15.5. The van der Waals surface area contributed by atoms with Crippen LogP contribution in [0.4, 0.5) is 5.69 Å². The SMILES string of the molecule is COc1ccc(Br)cc1NS(=O)(=O)c1cccc2cc(C)cnc12. The Hall–Kier alpha value is -2.12. The summed E-state index contributed by atoms with van der Waals surface area (Å²) in [7, 11) is -2.33. The predicted molar refractivity (Wildman–Crippen MR) is 98.0 cm³/mol. The molecule has 0 bridgehead atoms. The summed E-state index contributed by atoms with van der Waals surface area (Å²) in [5.74, 6) is 0.436. The number of rotatable bonds is 4. The maximum absolute atomic E-state index is 12.9. The van der Waals surface area contributed by atoms with Gasteiger partial charge in [0.25, 0.3) is 10.0 Å². The summed E-state index contributed by atoms with van der Waals surface area (Å²) in [5, 5.41) is 0.777. The molecule has 1 N–H and O–H groups in total. The quantitative estimate of drug-likeness (QED) is 0.707. The zero-order chi connectivity index (χ0) is 17.3. The molecule has 0 aliphatic heterocycles. The first-order chi connectivity index (χ1) is 11.4. The number of aromatic nitrogens is 1. The number of anilines is 1. The van der Waals surface area contributed by atoms with Gasteiger partial charge in [-0.15, -0.1) is 0 Å². The third-order valence-electron chi connectivity index (χ3n) is 3.51. The van der Waals surface area contributed by atoms with E-state index in [2.05, 4.69) is 25.6 Å². The Morgan fingerprint density at radius 2 is 1.96 bits per heavy atom. The Morgan fingerprint density at radius 1 is 1.17 bits per heavy atom. The molecule has 1 heterocycles. The second-order valence-electron chi connectivity index (χ2n) is 5.29. The van der Waals surface area contributed by atoms with Crippen molar-refractivity contribution in [3.8, 4) is 5.75 Å². The number of fused-ring (bicyclic) bond motifs is 1. The highest BCUT2D eigenvalue weighted by Crippen LogP contribution is 2.31. The molecule has 3 aromatic rings. The van der Waals surface area contributed by atoms with Crippen LogP contribution in [0.1, 0.15) is 5.56 Å². The van der Waals surface area contributed by atoms with Crippen LogP contribution in [0.3, 0.4) is 0 Å². The van der Waals surface area contributed by atoms with E-state index in [1.807, 2.05) is 19.1 Å². The first-order valence-electron chi connectivity index (χ1n) is 7.12. The smallest absolute Gasteiger partial charge is 0.264 e. The summed E-state index contributed by atoms with van der Waals surface area (Å²) in [5.41, 5.74) is 1.76. The van der Waals surface area contributed by atoms with Crippen LogP contribution in [0.25, 0.3) is 10.9 Å². The lowest BCUT2D eigenvalue weighted by Crippen LogP contribution is -2.14. The largest absolute Gasteiger partial charge is 0.495 e. The number of methoxy groups -OCH3 is 1. The van der Waals surface area contributed by atoms with Gasteiger partial charge in [-0.1, -0.05) is 28.1 Å². The molecule has 3 rings (SSSR count). The minimum atomic E-state index is -3.82. The van der Waals surface area contributed by atoms with Gasteiger partial charge in [-0.05, 0) is 42.8 Å². The van der Waals surface area contributed by atoms with Crippen molar-refractivity contribution in [2.24, 2.45) is 0 Å². The van der Waals surface area contributed by atoms with Crippen LogP contribution in [-0.4, -0.2) is 20.5 Å². The summed E-state index contributed by atoms with van der Waals surface area (Å²) in [6, 6.07) is 12.1. The van der Waals surface area contributed by atoms with Crippen LogP contribution in [0.5, 0.6) is 5.75 Å². The van der Waals surface area contributed by atoms with E-state index in [4.69, 9.17) is 4.74 Å². The lowest BCUT2D eigenvalue weighted by atomic mass is 10.2.